The maximum absolute atomic E-state index is 2.46. The molecule has 0 aromatic heterocycles. The highest BCUT2D eigenvalue weighted by Crippen LogP contribution is 2.63. The highest BCUT2D eigenvalue weighted by atomic mass is 14.6. The smallest absolute Gasteiger partial charge is 0.00444 e. The summed E-state index contributed by atoms with van der Waals surface area (Å²) in [6.07, 6.45) is 1.17. The van der Waals surface area contributed by atoms with Gasteiger partial charge in [-0.1, -0.05) is 93.5 Å². The van der Waals surface area contributed by atoms with Crippen LogP contribution in [0.1, 0.15) is 80.4 Å². The van der Waals surface area contributed by atoms with Gasteiger partial charge >= 0.3 is 0 Å². The van der Waals surface area contributed by atoms with Crippen molar-refractivity contribution in [2.75, 3.05) is 0 Å². The predicted molar refractivity (Wildman–Crippen MR) is 95.9 cm³/mol. The lowest BCUT2D eigenvalue weighted by Gasteiger charge is -2.57. The molecule has 0 saturated heterocycles. The molecule has 0 N–H and O–H groups in total. The van der Waals surface area contributed by atoms with E-state index in [1.54, 1.807) is 5.56 Å². The van der Waals surface area contributed by atoms with Crippen molar-refractivity contribution in [1.29, 1.82) is 0 Å². The largest absolute Gasteiger partial charge is 0.0683 e. The molecule has 0 nitrogen and oxygen atoms in total. The van der Waals surface area contributed by atoms with E-state index in [-0.39, 0.29) is 16.2 Å². The molecule has 1 aliphatic rings. The second-order valence-electron chi connectivity index (χ2n) is 8.59. The van der Waals surface area contributed by atoms with Gasteiger partial charge in [0.15, 0.2) is 0 Å². The Balaban J connectivity index is 0.00000106. The lowest BCUT2D eigenvalue weighted by molar-refractivity contribution is -0.0552. The van der Waals surface area contributed by atoms with E-state index in [1.807, 2.05) is 13.8 Å². The van der Waals surface area contributed by atoms with E-state index in [2.05, 4.69) is 79.7 Å². The van der Waals surface area contributed by atoms with E-state index < -0.39 is 0 Å². The minimum Gasteiger partial charge on any atom is -0.0683 e. The first-order valence-corrected chi connectivity index (χ1v) is 8.53. The van der Waals surface area contributed by atoms with Crippen LogP contribution in [0.2, 0.25) is 0 Å². The van der Waals surface area contributed by atoms with Gasteiger partial charge in [-0.2, -0.15) is 0 Å². The Kier molecular flexibility index (Phi) is 4.74. The molecule has 0 heterocycles. The van der Waals surface area contributed by atoms with Gasteiger partial charge in [-0.25, -0.2) is 0 Å². The zero-order chi connectivity index (χ0) is 16.7. The molecule has 0 fully saturated rings. The van der Waals surface area contributed by atoms with Crippen molar-refractivity contribution in [2.45, 2.75) is 81.1 Å². The molecule has 1 aromatic carbocycles. The van der Waals surface area contributed by atoms with Crippen molar-refractivity contribution in [3.05, 3.63) is 35.4 Å². The first-order valence-electron chi connectivity index (χ1n) is 8.53. The van der Waals surface area contributed by atoms with Gasteiger partial charge in [0.05, 0.1) is 0 Å². The Hall–Kier alpha value is -0.780. The summed E-state index contributed by atoms with van der Waals surface area (Å²) in [5, 5.41) is 0. The van der Waals surface area contributed by atoms with Crippen LogP contribution < -0.4 is 0 Å². The first-order chi connectivity index (χ1) is 9.45. The molecule has 0 unspecified atom stereocenters. The molecule has 1 aliphatic carbocycles. The Labute approximate surface area is 133 Å². The molecule has 0 saturated carbocycles. The lowest BCUT2D eigenvalue weighted by atomic mass is 9.47. The van der Waals surface area contributed by atoms with E-state index in [0.717, 1.165) is 0 Å². The SMILES string of the molecule is CC.CC1(C)Cc2ccccc2C(C)(C)C(C)(C)C1(C)C. The highest BCUT2D eigenvalue weighted by Gasteiger charge is 2.57. The molecule has 0 radical (unpaired) electrons. The maximum atomic E-state index is 2.46. The Morgan fingerprint density at radius 3 is 1.71 bits per heavy atom. The normalized spacial score (nSPS) is 24.1. The van der Waals surface area contributed by atoms with Crippen LogP contribution in [0.15, 0.2) is 24.3 Å². The minimum absolute atomic E-state index is 0.181. The second-order valence-corrected chi connectivity index (χ2v) is 8.59. The fourth-order valence-electron chi connectivity index (χ4n) is 3.95. The third-order valence-electron chi connectivity index (χ3n) is 7.14. The molecule has 0 heteroatoms. The van der Waals surface area contributed by atoms with Crippen LogP contribution in [-0.4, -0.2) is 0 Å². The molecule has 120 valence electrons. The summed E-state index contributed by atoms with van der Waals surface area (Å²) in [6, 6.07) is 9.06. The van der Waals surface area contributed by atoms with Crippen LogP contribution in [0.3, 0.4) is 0 Å². The molecular formula is C21H36. The summed E-state index contributed by atoms with van der Waals surface area (Å²) in [4.78, 5) is 0. The van der Waals surface area contributed by atoms with Gasteiger partial charge in [0.2, 0.25) is 0 Å². The number of benzene rings is 1. The molecule has 0 amide bonds. The van der Waals surface area contributed by atoms with Gasteiger partial charge in [0.1, 0.15) is 0 Å². The Bertz CT molecular complexity index is 487. The average Bonchev–Trinajstić information content (AvgIpc) is 2.42. The van der Waals surface area contributed by atoms with E-state index in [4.69, 9.17) is 0 Å². The van der Waals surface area contributed by atoms with E-state index >= 15 is 0 Å². The summed E-state index contributed by atoms with van der Waals surface area (Å²) < 4.78 is 0. The van der Waals surface area contributed by atoms with Gasteiger partial charge < -0.3 is 0 Å². The van der Waals surface area contributed by atoms with Crippen molar-refractivity contribution in [1.82, 2.24) is 0 Å². The van der Waals surface area contributed by atoms with Gasteiger partial charge in [-0.05, 0) is 39.2 Å². The molecule has 1 aromatic rings. The maximum Gasteiger partial charge on any atom is -0.00444 e. The van der Waals surface area contributed by atoms with E-state index in [0.29, 0.717) is 5.41 Å². The molecular weight excluding hydrogens is 252 g/mol. The average molecular weight is 289 g/mol. The van der Waals surface area contributed by atoms with Crippen molar-refractivity contribution >= 4 is 0 Å². The monoisotopic (exact) mass is 288 g/mol. The van der Waals surface area contributed by atoms with Gasteiger partial charge in [-0.3, -0.25) is 0 Å². The van der Waals surface area contributed by atoms with Crippen LogP contribution in [0.25, 0.3) is 0 Å². The first kappa shape index (κ1) is 18.3. The van der Waals surface area contributed by atoms with Crippen molar-refractivity contribution < 1.29 is 0 Å². The fourth-order valence-corrected chi connectivity index (χ4v) is 3.95. The quantitative estimate of drug-likeness (QED) is 0.470. The summed E-state index contributed by atoms with van der Waals surface area (Å²) >= 11 is 0. The molecule has 21 heavy (non-hydrogen) atoms. The van der Waals surface area contributed by atoms with Crippen LogP contribution in [-0.2, 0) is 11.8 Å². The third kappa shape index (κ3) is 2.45. The van der Waals surface area contributed by atoms with Gasteiger partial charge in [-0.15, -0.1) is 0 Å². The van der Waals surface area contributed by atoms with Crippen molar-refractivity contribution in [2.24, 2.45) is 16.2 Å². The van der Waals surface area contributed by atoms with Crippen molar-refractivity contribution in [3.63, 3.8) is 0 Å². The number of fused-ring (bicyclic) bond motifs is 1. The number of hydrogen-bond donors (Lipinski definition) is 0. The summed E-state index contributed by atoms with van der Waals surface area (Å²) in [7, 11) is 0. The topological polar surface area (TPSA) is 0 Å². The molecule has 0 bridgehead atoms. The zero-order valence-corrected chi connectivity index (χ0v) is 16.0. The van der Waals surface area contributed by atoms with Crippen LogP contribution in [0, 0.1) is 16.2 Å². The number of rotatable bonds is 0. The van der Waals surface area contributed by atoms with Crippen LogP contribution in [0.5, 0.6) is 0 Å². The Morgan fingerprint density at radius 1 is 0.714 bits per heavy atom. The zero-order valence-electron chi connectivity index (χ0n) is 16.0. The molecule has 0 aliphatic heterocycles. The summed E-state index contributed by atoms with van der Waals surface area (Å²) in [5.74, 6) is 0. The van der Waals surface area contributed by atoms with Crippen LogP contribution in [0.4, 0.5) is 0 Å². The van der Waals surface area contributed by atoms with Gasteiger partial charge in [0.25, 0.3) is 0 Å². The molecule has 2 rings (SSSR count). The molecule has 0 spiro atoms. The standard InChI is InChI=1S/C19H30.C2H6/c1-16(2)13-14-11-9-10-12-15(14)17(3,4)19(7,8)18(16,5)6;1-2/h9-12H,13H2,1-8H3;1-2H3. The van der Waals surface area contributed by atoms with E-state index in [1.165, 1.54) is 12.0 Å². The van der Waals surface area contributed by atoms with Crippen molar-refractivity contribution in [3.8, 4) is 0 Å². The second kappa shape index (κ2) is 5.45. The third-order valence-corrected chi connectivity index (χ3v) is 7.14. The predicted octanol–water partition coefficient (Wildman–Crippen LogP) is 6.63. The molecule has 0 atom stereocenters. The van der Waals surface area contributed by atoms with Gasteiger partial charge in [0, 0.05) is 0 Å². The lowest BCUT2D eigenvalue weighted by Crippen LogP contribution is -2.52. The minimum atomic E-state index is 0.181. The van der Waals surface area contributed by atoms with Crippen LogP contribution >= 0.6 is 0 Å². The fraction of sp³-hybridized carbons (Fsp3) is 0.714. The summed E-state index contributed by atoms with van der Waals surface area (Å²) in [6.45, 7) is 23.6. The highest BCUT2D eigenvalue weighted by molar-refractivity contribution is 5.39. The number of hydrogen-bond acceptors (Lipinski definition) is 0. The van der Waals surface area contributed by atoms with E-state index in [9.17, 15) is 0 Å². The summed E-state index contributed by atoms with van der Waals surface area (Å²) in [5.41, 5.74) is 4.05. The Morgan fingerprint density at radius 2 is 1.19 bits per heavy atom.